The summed E-state index contributed by atoms with van der Waals surface area (Å²) in [6, 6.07) is 16.0. The predicted molar refractivity (Wildman–Crippen MR) is 75.6 cm³/mol. The van der Waals surface area contributed by atoms with Crippen LogP contribution in [-0.4, -0.2) is 9.55 Å². The molecule has 19 heavy (non-hydrogen) atoms. The number of imidazole rings is 1. The lowest BCUT2D eigenvalue weighted by molar-refractivity contribution is 0.959. The molecule has 0 aliphatic rings. The molecule has 0 atom stereocenters. The van der Waals surface area contributed by atoms with Gasteiger partial charge in [0.15, 0.2) is 0 Å². The highest BCUT2D eigenvalue weighted by Gasteiger charge is 2.09. The number of hydrogen-bond donors (Lipinski definition) is 0. The van der Waals surface area contributed by atoms with Gasteiger partial charge >= 0.3 is 0 Å². The summed E-state index contributed by atoms with van der Waals surface area (Å²) in [5, 5.41) is 8.94. The van der Waals surface area contributed by atoms with E-state index in [0.29, 0.717) is 5.56 Å². The van der Waals surface area contributed by atoms with E-state index >= 15 is 0 Å². The molecule has 0 amide bonds. The van der Waals surface area contributed by atoms with Crippen LogP contribution in [0.2, 0.25) is 0 Å². The Hall–Kier alpha value is -2.60. The fourth-order valence-corrected chi connectivity index (χ4v) is 2.23. The van der Waals surface area contributed by atoms with Crippen molar-refractivity contribution in [2.45, 2.75) is 6.92 Å². The molecule has 0 aliphatic carbocycles. The molecule has 0 bridgehead atoms. The van der Waals surface area contributed by atoms with Gasteiger partial charge in [-0.3, -0.25) is 0 Å². The van der Waals surface area contributed by atoms with Gasteiger partial charge in [0.2, 0.25) is 0 Å². The van der Waals surface area contributed by atoms with E-state index in [9.17, 15) is 0 Å². The summed E-state index contributed by atoms with van der Waals surface area (Å²) in [6.07, 6.45) is 0. The Morgan fingerprint density at radius 2 is 1.84 bits per heavy atom. The Bertz CT molecular complexity index is 789. The lowest BCUT2D eigenvalue weighted by Crippen LogP contribution is -1.92. The van der Waals surface area contributed by atoms with E-state index in [4.69, 9.17) is 5.26 Å². The number of nitrogens with zero attached hydrogens (tertiary/aromatic N) is 3. The zero-order valence-electron chi connectivity index (χ0n) is 10.9. The van der Waals surface area contributed by atoms with Crippen LogP contribution in [-0.2, 0) is 7.05 Å². The zero-order chi connectivity index (χ0) is 13.4. The molecule has 0 fully saturated rings. The third kappa shape index (κ3) is 1.88. The van der Waals surface area contributed by atoms with Gasteiger partial charge in [-0.05, 0) is 25.1 Å². The molecule has 2 aromatic carbocycles. The molecule has 1 aromatic heterocycles. The number of aryl methyl sites for hydroxylation is 2. The second-order valence-corrected chi connectivity index (χ2v) is 4.68. The van der Waals surface area contributed by atoms with Crippen molar-refractivity contribution in [3.63, 3.8) is 0 Å². The van der Waals surface area contributed by atoms with Crippen LogP contribution in [0, 0.1) is 18.3 Å². The maximum atomic E-state index is 8.94. The number of rotatable bonds is 1. The summed E-state index contributed by atoms with van der Waals surface area (Å²) in [5.41, 5.74) is 4.85. The normalized spacial score (nSPS) is 10.6. The highest BCUT2D eigenvalue weighted by atomic mass is 15.1. The Morgan fingerprint density at radius 1 is 1.11 bits per heavy atom. The molecule has 0 unspecified atom stereocenters. The quantitative estimate of drug-likeness (QED) is 0.661. The Balaban J connectivity index is 2.22. The molecular formula is C16H13N3. The first-order valence-electron chi connectivity index (χ1n) is 6.12. The highest BCUT2D eigenvalue weighted by molar-refractivity contribution is 5.81. The van der Waals surface area contributed by atoms with E-state index in [0.717, 1.165) is 22.4 Å². The van der Waals surface area contributed by atoms with Gasteiger partial charge in [0.1, 0.15) is 5.82 Å². The molecule has 3 heteroatoms. The summed E-state index contributed by atoms with van der Waals surface area (Å²) < 4.78 is 2.06. The summed E-state index contributed by atoms with van der Waals surface area (Å²) >= 11 is 0. The molecule has 0 N–H and O–H groups in total. The molecule has 3 nitrogen and oxygen atoms in total. The van der Waals surface area contributed by atoms with Gasteiger partial charge in [-0.15, -0.1) is 0 Å². The third-order valence-corrected chi connectivity index (χ3v) is 3.32. The number of nitriles is 1. The highest BCUT2D eigenvalue weighted by Crippen LogP contribution is 2.24. The van der Waals surface area contributed by atoms with Crippen LogP contribution in [0.1, 0.15) is 11.1 Å². The molecular weight excluding hydrogens is 234 g/mol. The maximum absolute atomic E-state index is 8.94. The third-order valence-electron chi connectivity index (χ3n) is 3.32. The van der Waals surface area contributed by atoms with Gasteiger partial charge in [-0.2, -0.15) is 5.26 Å². The van der Waals surface area contributed by atoms with Crippen molar-refractivity contribution in [3.8, 4) is 17.5 Å². The largest absolute Gasteiger partial charge is 0.327 e. The fraction of sp³-hybridized carbons (Fsp3) is 0.125. The fourth-order valence-electron chi connectivity index (χ4n) is 2.23. The standard InChI is InChI=1S/C16H13N3/c1-11-3-6-13(7-4-11)16-18-14-9-12(10-17)5-8-15(14)19(16)2/h3-9H,1-2H3. The van der Waals surface area contributed by atoms with Crippen LogP contribution in [0.3, 0.4) is 0 Å². The Kier molecular flexibility index (Phi) is 2.57. The molecule has 0 radical (unpaired) electrons. The average molecular weight is 247 g/mol. The molecule has 3 rings (SSSR count). The van der Waals surface area contributed by atoms with Crippen LogP contribution < -0.4 is 0 Å². The topological polar surface area (TPSA) is 41.6 Å². The van der Waals surface area contributed by atoms with Gasteiger partial charge in [0.25, 0.3) is 0 Å². The SMILES string of the molecule is Cc1ccc(-c2nc3cc(C#N)ccc3n2C)cc1. The van der Waals surface area contributed by atoms with Crippen LogP contribution in [0.15, 0.2) is 42.5 Å². The summed E-state index contributed by atoms with van der Waals surface area (Å²) in [5.74, 6) is 0.921. The minimum absolute atomic E-state index is 0.640. The van der Waals surface area contributed by atoms with Crippen molar-refractivity contribution >= 4 is 11.0 Å². The van der Waals surface area contributed by atoms with Gasteiger partial charge < -0.3 is 4.57 Å². The Labute approximate surface area is 111 Å². The van der Waals surface area contributed by atoms with Crippen molar-refractivity contribution in [2.24, 2.45) is 7.05 Å². The van der Waals surface area contributed by atoms with Crippen LogP contribution >= 0.6 is 0 Å². The van der Waals surface area contributed by atoms with E-state index in [2.05, 4.69) is 46.8 Å². The lowest BCUT2D eigenvalue weighted by Gasteiger charge is -2.02. The molecule has 0 saturated heterocycles. The number of hydrogen-bond acceptors (Lipinski definition) is 2. The molecule has 92 valence electrons. The summed E-state index contributed by atoms with van der Waals surface area (Å²) in [7, 11) is 2.00. The van der Waals surface area contributed by atoms with E-state index in [-0.39, 0.29) is 0 Å². The smallest absolute Gasteiger partial charge is 0.140 e. The lowest BCUT2D eigenvalue weighted by atomic mass is 10.1. The summed E-state index contributed by atoms with van der Waals surface area (Å²) in [6.45, 7) is 2.07. The van der Waals surface area contributed by atoms with E-state index < -0.39 is 0 Å². The van der Waals surface area contributed by atoms with Crippen LogP contribution in [0.25, 0.3) is 22.4 Å². The second-order valence-electron chi connectivity index (χ2n) is 4.68. The van der Waals surface area contributed by atoms with E-state index in [1.807, 2.05) is 25.2 Å². The van der Waals surface area contributed by atoms with Crippen LogP contribution in [0.5, 0.6) is 0 Å². The van der Waals surface area contributed by atoms with Crippen molar-refractivity contribution in [1.82, 2.24) is 9.55 Å². The Morgan fingerprint density at radius 3 is 2.53 bits per heavy atom. The second kappa shape index (κ2) is 4.25. The number of benzene rings is 2. The predicted octanol–water partition coefficient (Wildman–Crippen LogP) is 3.42. The van der Waals surface area contributed by atoms with Crippen molar-refractivity contribution in [3.05, 3.63) is 53.6 Å². The zero-order valence-corrected chi connectivity index (χ0v) is 10.9. The number of aromatic nitrogens is 2. The van der Waals surface area contributed by atoms with Gasteiger partial charge in [-0.25, -0.2) is 4.98 Å². The van der Waals surface area contributed by atoms with E-state index in [1.165, 1.54) is 5.56 Å². The van der Waals surface area contributed by atoms with Crippen molar-refractivity contribution in [1.29, 1.82) is 5.26 Å². The molecule has 3 aromatic rings. The van der Waals surface area contributed by atoms with Crippen molar-refractivity contribution in [2.75, 3.05) is 0 Å². The van der Waals surface area contributed by atoms with Gasteiger partial charge in [0.05, 0.1) is 22.7 Å². The van der Waals surface area contributed by atoms with Crippen molar-refractivity contribution < 1.29 is 0 Å². The monoisotopic (exact) mass is 247 g/mol. The molecule has 1 heterocycles. The maximum Gasteiger partial charge on any atom is 0.140 e. The first kappa shape index (κ1) is 11.5. The first-order chi connectivity index (χ1) is 9.19. The molecule has 0 saturated carbocycles. The summed E-state index contributed by atoms with van der Waals surface area (Å²) in [4.78, 5) is 4.63. The number of fused-ring (bicyclic) bond motifs is 1. The molecule has 0 spiro atoms. The minimum Gasteiger partial charge on any atom is -0.327 e. The molecule has 0 aliphatic heterocycles. The van der Waals surface area contributed by atoms with Gasteiger partial charge in [-0.1, -0.05) is 29.8 Å². The first-order valence-corrected chi connectivity index (χ1v) is 6.12. The van der Waals surface area contributed by atoms with Crippen LogP contribution in [0.4, 0.5) is 0 Å². The van der Waals surface area contributed by atoms with Gasteiger partial charge in [0, 0.05) is 12.6 Å². The average Bonchev–Trinajstić information content (AvgIpc) is 2.76. The minimum atomic E-state index is 0.640. The van der Waals surface area contributed by atoms with E-state index in [1.54, 1.807) is 0 Å².